The number of halogens is 2. The standard InChI is InChI=1S/C15H18F2N4O2/c1-2-18-6-7-19-14(22)12-9-20-21-13(12)10-4-3-5-11(8-10)23-15(16)17/h3-5,8-9,15,18H,2,6-7H2,1H3,(H,19,22)(H,20,21). The molecule has 0 spiro atoms. The van der Waals surface area contributed by atoms with Gasteiger partial charge in [0.1, 0.15) is 5.75 Å². The molecule has 0 bridgehead atoms. The van der Waals surface area contributed by atoms with Gasteiger partial charge in [0.25, 0.3) is 5.91 Å². The number of benzene rings is 1. The number of likely N-dealkylation sites (N-methyl/N-ethyl adjacent to an activating group) is 1. The Bertz CT molecular complexity index is 646. The van der Waals surface area contributed by atoms with Crippen molar-refractivity contribution in [3.05, 3.63) is 36.0 Å². The molecule has 0 aliphatic heterocycles. The molecule has 1 aromatic carbocycles. The molecule has 0 unspecified atom stereocenters. The van der Waals surface area contributed by atoms with Gasteiger partial charge in [0.05, 0.1) is 17.5 Å². The molecule has 0 atom stereocenters. The highest BCUT2D eigenvalue weighted by Crippen LogP contribution is 2.25. The van der Waals surface area contributed by atoms with Crippen LogP contribution in [0.15, 0.2) is 30.5 Å². The summed E-state index contributed by atoms with van der Waals surface area (Å²) in [6.45, 7) is 1.04. The van der Waals surface area contributed by atoms with E-state index in [1.165, 1.54) is 18.3 Å². The first-order chi connectivity index (χ1) is 11.1. The molecule has 8 heteroatoms. The molecule has 6 nitrogen and oxygen atoms in total. The van der Waals surface area contributed by atoms with Crippen LogP contribution in [0.1, 0.15) is 17.3 Å². The Kier molecular flexibility index (Phi) is 6.04. The first-order valence-corrected chi connectivity index (χ1v) is 7.19. The fourth-order valence-electron chi connectivity index (χ4n) is 2.04. The first-order valence-electron chi connectivity index (χ1n) is 7.19. The predicted octanol–water partition coefficient (Wildman–Crippen LogP) is 2.02. The third-order valence-electron chi connectivity index (χ3n) is 3.07. The summed E-state index contributed by atoms with van der Waals surface area (Å²) in [6, 6.07) is 6.10. The van der Waals surface area contributed by atoms with Gasteiger partial charge in [-0.05, 0) is 18.7 Å². The molecule has 1 heterocycles. The van der Waals surface area contributed by atoms with Crippen LogP contribution in [0.2, 0.25) is 0 Å². The zero-order chi connectivity index (χ0) is 16.7. The van der Waals surface area contributed by atoms with Crippen LogP contribution in [0.25, 0.3) is 11.3 Å². The van der Waals surface area contributed by atoms with Gasteiger partial charge in [-0.1, -0.05) is 19.1 Å². The second-order valence-electron chi connectivity index (χ2n) is 4.67. The van der Waals surface area contributed by atoms with Gasteiger partial charge >= 0.3 is 6.61 Å². The van der Waals surface area contributed by atoms with Gasteiger partial charge < -0.3 is 15.4 Å². The smallest absolute Gasteiger partial charge is 0.387 e. The number of aromatic amines is 1. The zero-order valence-electron chi connectivity index (χ0n) is 12.6. The summed E-state index contributed by atoms with van der Waals surface area (Å²) in [7, 11) is 0. The zero-order valence-corrected chi connectivity index (χ0v) is 12.6. The summed E-state index contributed by atoms with van der Waals surface area (Å²) >= 11 is 0. The summed E-state index contributed by atoms with van der Waals surface area (Å²) in [4.78, 5) is 12.2. The molecule has 124 valence electrons. The van der Waals surface area contributed by atoms with E-state index in [0.717, 1.165) is 6.54 Å². The van der Waals surface area contributed by atoms with Gasteiger partial charge in [0, 0.05) is 18.7 Å². The van der Waals surface area contributed by atoms with Crippen molar-refractivity contribution in [2.45, 2.75) is 13.5 Å². The van der Waals surface area contributed by atoms with E-state index >= 15 is 0 Å². The van der Waals surface area contributed by atoms with Crippen LogP contribution in [-0.4, -0.2) is 42.4 Å². The molecule has 23 heavy (non-hydrogen) atoms. The van der Waals surface area contributed by atoms with Crippen molar-refractivity contribution >= 4 is 5.91 Å². The van der Waals surface area contributed by atoms with Gasteiger partial charge in [-0.2, -0.15) is 13.9 Å². The molecule has 2 aromatic rings. The highest BCUT2D eigenvalue weighted by molar-refractivity contribution is 5.99. The number of hydrogen-bond donors (Lipinski definition) is 3. The minimum Gasteiger partial charge on any atom is -0.435 e. The quantitative estimate of drug-likeness (QED) is 0.649. The Labute approximate surface area is 132 Å². The average molecular weight is 324 g/mol. The Morgan fingerprint density at radius 2 is 2.22 bits per heavy atom. The van der Waals surface area contributed by atoms with Crippen molar-refractivity contribution < 1.29 is 18.3 Å². The fraction of sp³-hybridized carbons (Fsp3) is 0.333. The lowest BCUT2D eigenvalue weighted by molar-refractivity contribution is -0.0498. The number of ether oxygens (including phenoxy) is 1. The maximum absolute atomic E-state index is 12.3. The summed E-state index contributed by atoms with van der Waals surface area (Å²) < 4.78 is 29.0. The molecule has 0 fully saturated rings. The number of aromatic nitrogens is 2. The van der Waals surface area contributed by atoms with E-state index in [4.69, 9.17) is 0 Å². The molecule has 0 saturated carbocycles. The third kappa shape index (κ3) is 4.75. The second kappa shape index (κ2) is 8.23. The Morgan fingerprint density at radius 1 is 1.39 bits per heavy atom. The summed E-state index contributed by atoms with van der Waals surface area (Å²) in [5, 5.41) is 12.4. The van der Waals surface area contributed by atoms with E-state index in [1.807, 2.05) is 6.92 Å². The summed E-state index contributed by atoms with van der Waals surface area (Å²) in [5.41, 5.74) is 1.33. The average Bonchev–Trinajstić information content (AvgIpc) is 3.00. The van der Waals surface area contributed by atoms with E-state index in [0.29, 0.717) is 29.9 Å². The van der Waals surface area contributed by atoms with Crippen LogP contribution in [0.5, 0.6) is 5.75 Å². The SMILES string of the molecule is CCNCCNC(=O)c1cn[nH]c1-c1cccc(OC(F)F)c1. The molecule has 0 aliphatic rings. The molecule has 0 radical (unpaired) electrons. The molecule has 2 rings (SSSR count). The molecule has 0 saturated heterocycles. The monoisotopic (exact) mass is 324 g/mol. The van der Waals surface area contributed by atoms with Crippen molar-refractivity contribution in [2.24, 2.45) is 0 Å². The van der Waals surface area contributed by atoms with Crippen LogP contribution >= 0.6 is 0 Å². The van der Waals surface area contributed by atoms with Gasteiger partial charge in [0.2, 0.25) is 0 Å². The highest BCUT2D eigenvalue weighted by Gasteiger charge is 2.15. The number of alkyl halides is 2. The van der Waals surface area contributed by atoms with Gasteiger partial charge in [0.15, 0.2) is 0 Å². The fourth-order valence-corrected chi connectivity index (χ4v) is 2.04. The van der Waals surface area contributed by atoms with Crippen LogP contribution in [0.4, 0.5) is 8.78 Å². The minimum absolute atomic E-state index is 0.0191. The number of rotatable bonds is 8. The van der Waals surface area contributed by atoms with Gasteiger partial charge in [-0.25, -0.2) is 0 Å². The lowest BCUT2D eigenvalue weighted by Gasteiger charge is -2.08. The maximum atomic E-state index is 12.3. The van der Waals surface area contributed by atoms with E-state index in [-0.39, 0.29) is 11.7 Å². The highest BCUT2D eigenvalue weighted by atomic mass is 19.3. The van der Waals surface area contributed by atoms with Crippen LogP contribution in [0.3, 0.4) is 0 Å². The van der Waals surface area contributed by atoms with Gasteiger partial charge in [-0.3, -0.25) is 9.89 Å². The number of nitrogens with one attached hydrogen (secondary N) is 3. The first kappa shape index (κ1) is 16.9. The Morgan fingerprint density at radius 3 is 2.96 bits per heavy atom. The molecule has 1 aromatic heterocycles. The molecule has 0 aliphatic carbocycles. The lowest BCUT2D eigenvalue weighted by atomic mass is 10.1. The molecule has 3 N–H and O–H groups in total. The second-order valence-corrected chi connectivity index (χ2v) is 4.67. The Hall–Kier alpha value is -2.48. The minimum atomic E-state index is -2.90. The third-order valence-corrected chi connectivity index (χ3v) is 3.07. The van der Waals surface area contributed by atoms with Crippen LogP contribution < -0.4 is 15.4 Å². The molecule has 1 amide bonds. The number of H-pyrrole nitrogens is 1. The van der Waals surface area contributed by atoms with Crippen molar-refractivity contribution in [2.75, 3.05) is 19.6 Å². The summed E-state index contributed by atoms with van der Waals surface area (Å²) in [6.07, 6.45) is 1.40. The van der Waals surface area contributed by atoms with Crippen molar-refractivity contribution in [1.29, 1.82) is 0 Å². The Balaban J connectivity index is 2.12. The topological polar surface area (TPSA) is 79.0 Å². The van der Waals surface area contributed by atoms with E-state index in [1.54, 1.807) is 12.1 Å². The van der Waals surface area contributed by atoms with E-state index < -0.39 is 6.61 Å². The van der Waals surface area contributed by atoms with Crippen molar-refractivity contribution in [3.63, 3.8) is 0 Å². The van der Waals surface area contributed by atoms with Crippen LogP contribution in [-0.2, 0) is 0 Å². The maximum Gasteiger partial charge on any atom is 0.387 e. The number of nitrogens with zero attached hydrogens (tertiary/aromatic N) is 1. The number of carbonyl (C=O) groups excluding carboxylic acids is 1. The number of carbonyl (C=O) groups is 1. The predicted molar refractivity (Wildman–Crippen MR) is 81.5 cm³/mol. The van der Waals surface area contributed by atoms with E-state index in [2.05, 4.69) is 25.6 Å². The lowest BCUT2D eigenvalue weighted by Crippen LogP contribution is -2.31. The summed E-state index contributed by atoms with van der Waals surface area (Å²) in [5.74, 6) is -0.266. The molecular weight excluding hydrogens is 306 g/mol. The van der Waals surface area contributed by atoms with Crippen molar-refractivity contribution in [1.82, 2.24) is 20.8 Å². The number of hydrogen-bond acceptors (Lipinski definition) is 4. The van der Waals surface area contributed by atoms with Gasteiger partial charge in [-0.15, -0.1) is 0 Å². The van der Waals surface area contributed by atoms with Crippen molar-refractivity contribution in [3.8, 4) is 17.0 Å². The molecular formula is C15H18F2N4O2. The normalized spacial score (nSPS) is 10.8. The van der Waals surface area contributed by atoms with E-state index in [9.17, 15) is 13.6 Å². The number of amides is 1. The largest absolute Gasteiger partial charge is 0.435 e. The van der Waals surface area contributed by atoms with Crippen LogP contribution in [0, 0.1) is 0 Å².